The number of primary amides is 1. The standard InChI is InChI=1S/C19H19N5O3/c1-11(2)24-18(26)15-9-4-3-8-14(15)16(23-24)17(25)21-12-6-5-7-13(10-12)22-19(20)27/h3-11H,1-2H3,(H,21,25)(H3,20,22,27). The lowest BCUT2D eigenvalue weighted by atomic mass is 10.1. The van der Waals surface area contributed by atoms with Crippen molar-refractivity contribution < 1.29 is 9.59 Å². The summed E-state index contributed by atoms with van der Waals surface area (Å²) in [6.45, 7) is 3.65. The quantitative estimate of drug-likeness (QED) is 0.658. The van der Waals surface area contributed by atoms with E-state index in [9.17, 15) is 14.4 Å². The van der Waals surface area contributed by atoms with E-state index in [1.807, 2.05) is 13.8 Å². The number of fused-ring (bicyclic) bond motifs is 1. The van der Waals surface area contributed by atoms with Crippen LogP contribution in [0.15, 0.2) is 53.3 Å². The van der Waals surface area contributed by atoms with Gasteiger partial charge in [0.25, 0.3) is 11.5 Å². The molecule has 8 nitrogen and oxygen atoms in total. The summed E-state index contributed by atoms with van der Waals surface area (Å²) in [5.74, 6) is -0.461. The Balaban J connectivity index is 2.02. The largest absolute Gasteiger partial charge is 0.351 e. The highest BCUT2D eigenvalue weighted by molar-refractivity contribution is 6.11. The number of urea groups is 1. The summed E-state index contributed by atoms with van der Waals surface area (Å²) in [7, 11) is 0. The first-order valence-corrected chi connectivity index (χ1v) is 8.36. The van der Waals surface area contributed by atoms with Crippen LogP contribution in [0.5, 0.6) is 0 Å². The molecule has 3 aromatic rings. The minimum absolute atomic E-state index is 0.146. The van der Waals surface area contributed by atoms with Crippen molar-refractivity contribution in [2.24, 2.45) is 5.73 Å². The maximum atomic E-state index is 12.8. The van der Waals surface area contributed by atoms with Crippen LogP contribution in [0.2, 0.25) is 0 Å². The summed E-state index contributed by atoms with van der Waals surface area (Å²) >= 11 is 0. The summed E-state index contributed by atoms with van der Waals surface area (Å²) in [5, 5.41) is 10.4. The van der Waals surface area contributed by atoms with E-state index in [1.165, 1.54) is 4.68 Å². The van der Waals surface area contributed by atoms with E-state index in [0.29, 0.717) is 22.1 Å². The highest BCUT2D eigenvalue weighted by atomic mass is 16.2. The van der Waals surface area contributed by atoms with Crippen molar-refractivity contribution in [3.63, 3.8) is 0 Å². The Morgan fingerprint density at radius 1 is 1.00 bits per heavy atom. The Labute approximate surface area is 155 Å². The molecule has 0 saturated carbocycles. The van der Waals surface area contributed by atoms with E-state index in [0.717, 1.165) is 0 Å². The molecule has 0 aliphatic carbocycles. The molecule has 3 amide bonds. The van der Waals surface area contributed by atoms with E-state index in [-0.39, 0.29) is 17.3 Å². The lowest BCUT2D eigenvalue weighted by Crippen LogP contribution is -2.29. The monoisotopic (exact) mass is 365 g/mol. The Kier molecular flexibility index (Phi) is 4.89. The molecule has 0 aliphatic rings. The van der Waals surface area contributed by atoms with E-state index < -0.39 is 11.9 Å². The van der Waals surface area contributed by atoms with Crippen molar-refractivity contribution in [2.45, 2.75) is 19.9 Å². The van der Waals surface area contributed by atoms with Crippen LogP contribution >= 0.6 is 0 Å². The zero-order chi connectivity index (χ0) is 19.6. The average molecular weight is 365 g/mol. The minimum Gasteiger partial charge on any atom is -0.351 e. The van der Waals surface area contributed by atoms with E-state index in [4.69, 9.17) is 5.73 Å². The van der Waals surface area contributed by atoms with Crippen LogP contribution in [0, 0.1) is 0 Å². The Morgan fingerprint density at radius 2 is 1.63 bits per heavy atom. The summed E-state index contributed by atoms with van der Waals surface area (Å²) in [4.78, 5) is 36.4. The fraction of sp³-hybridized carbons (Fsp3) is 0.158. The third-order valence-corrected chi connectivity index (χ3v) is 3.92. The number of aromatic nitrogens is 2. The zero-order valence-corrected chi connectivity index (χ0v) is 14.9. The third-order valence-electron chi connectivity index (χ3n) is 3.92. The van der Waals surface area contributed by atoms with Gasteiger partial charge in [0.2, 0.25) is 0 Å². The lowest BCUT2D eigenvalue weighted by molar-refractivity contribution is 0.102. The summed E-state index contributed by atoms with van der Waals surface area (Å²) in [5.41, 5.74) is 5.92. The van der Waals surface area contributed by atoms with Gasteiger partial charge in [0.05, 0.1) is 11.4 Å². The molecule has 1 heterocycles. The molecular formula is C19H19N5O3. The van der Waals surface area contributed by atoms with Gasteiger partial charge in [-0.05, 0) is 38.1 Å². The first-order chi connectivity index (χ1) is 12.9. The van der Waals surface area contributed by atoms with Crippen LogP contribution in [0.1, 0.15) is 30.4 Å². The number of carbonyl (C=O) groups excluding carboxylic acids is 2. The zero-order valence-electron chi connectivity index (χ0n) is 14.9. The van der Waals surface area contributed by atoms with Gasteiger partial charge in [-0.2, -0.15) is 5.10 Å². The van der Waals surface area contributed by atoms with Gasteiger partial charge in [-0.1, -0.05) is 24.3 Å². The molecule has 3 rings (SSSR count). The molecule has 138 valence electrons. The Hall–Kier alpha value is -3.68. The molecule has 0 bridgehead atoms. The second kappa shape index (κ2) is 7.28. The molecule has 0 fully saturated rings. The number of amides is 3. The number of rotatable bonds is 4. The van der Waals surface area contributed by atoms with Gasteiger partial charge in [0, 0.05) is 16.8 Å². The number of nitrogens with one attached hydrogen (secondary N) is 2. The SMILES string of the molecule is CC(C)n1nc(C(=O)Nc2cccc(NC(N)=O)c2)c2ccccc2c1=O. The predicted molar refractivity (Wildman–Crippen MR) is 104 cm³/mol. The molecule has 0 unspecified atom stereocenters. The number of nitrogens with zero attached hydrogens (tertiary/aromatic N) is 2. The molecule has 0 radical (unpaired) electrons. The molecule has 0 spiro atoms. The van der Waals surface area contributed by atoms with Crippen LogP contribution in [0.25, 0.3) is 10.8 Å². The van der Waals surface area contributed by atoms with Gasteiger partial charge in [0.15, 0.2) is 5.69 Å². The van der Waals surface area contributed by atoms with Gasteiger partial charge in [-0.3, -0.25) is 9.59 Å². The molecule has 2 aromatic carbocycles. The van der Waals surface area contributed by atoms with Crippen LogP contribution in [-0.2, 0) is 0 Å². The second-order valence-corrected chi connectivity index (χ2v) is 6.26. The number of hydrogen-bond acceptors (Lipinski definition) is 4. The molecule has 4 N–H and O–H groups in total. The molecule has 8 heteroatoms. The molecule has 0 atom stereocenters. The van der Waals surface area contributed by atoms with E-state index in [2.05, 4.69) is 15.7 Å². The van der Waals surface area contributed by atoms with Crippen LogP contribution in [0.4, 0.5) is 16.2 Å². The summed E-state index contributed by atoms with van der Waals surface area (Å²) in [6, 6.07) is 12.5. The van der Waals surface area contributed by atoms with Gasteiger partial charge in [-0.15, -0.1) is 0 Å². The van der Waals surface area contributed by atoms with Crippen LogP contribution in [-0.4, -0.2) is 21.7 Å². The number of carbonyl (C=O) groups is 2. The Morgan fingerprint density at radius 3 is 2.26 bits per heavy atom. The number of anilines is 2. The van der Waals surface area contributed by atoms with Crippen molar-refractivity contribution in [2.75, 3.05) is 10.6 Å². The van der Waals surface area contributed by atoms with Gasteiger partial charge < -0.3 is 16.4 Å². The van der Waals surface area contributed by atoms with E-state index in [1.54, 1.807) is 48.5 Å². The third kappa shape index (κ3) is 3.79. The average Bonchev–Trinajstić information content (AvgIpc) is 2.61. The molecule has 1 aromatic heterocycles. The van der Waals surface area contributed by atoms with Crippen LogP contribution in [0.3, 0.4) is 0 Å². The van der Waals surface area contributed by atoms with Crippen molar-refractivity contribution in [1.29, 1.82) is 0 Å². The first-order valence-electron chi connectivity index (χ1n) is 8.36. The summed E-state index contributed by atoms with van der Waals surface area (Å²) < 4.78 is 1.29. The maximum absolute atomic E-state index is 12.8. The first kappa shape index (κ1) is 18.1. The second-order valence-electron chi connectivity index (χ2n) is 6.26. The maximum Gasteiger partial charge on any atom is 0.316 e. The molecule has 27 heavy (non-hydrogen) atoms. The highest BCUT2D eigenvalue weighted by Gasteiger charge is 2.18. The van der Waals surface area contributed by atoms with Crippen molar-refractivity contribution in [3.05, 3.63) is 64.6 Å². The fourth-order valence-electron chi connectivity index (χ4n) is 2.73. The van der Waals surface area contributed by atoms with Crippen molar-refractivity contribution in [3.8, 4) is 0 Å². The van der Waals surface area contributed by atoms with E-state index >= 15 is 0 Å². The fourth-order valence-corrected chi connectivity index (χ4v) is 2.73. The van der Waals surface area contributed by atoms with Crippen molar-refractivity contribution >= 4 is 34.1 Å². The van der Waals surface area contributed by atoms with Crippen molar-refractivity contribution in [1.82, 2.24) is 9.78 Å². The number of nitrogens with two attached hydrogens (primary N) is 1. The highest BCUT2D eigenvalue weighted by Crippen LogP contribution is 2.19. The topological polar surface area (TPSA) is 119 Å². The lowest BCUT2D eigenvalue weighted by Gasteiger charge is -2.13. The smallest absolute Gasteiger partial charge is 0.316 e. The molecule has 0 saturated heterocycles. The predicted octanol–water partition coefficient (Wildman–Crippen LogP) is 2.72. The van der Waals surface area contributed by atoms with Gasteiger partial charge >= 0.3 is 6.03 Å². The number of hydrogen-bond donors (Lipinski definition) is 3. The number of benzene rings is 2. The normalized spacial score (nSPS) is 10.8. The minimum atomic E-state index is -0.699. The van der Waals surface area contributed by atoms with Gasteiger partial charge in [-0.25, -0.2) is 9.48 Å². The van der Waals surface area contributed by atoms with Gasteiger partial charge in [0.1, 0.15) is 0 Å². The Bertz CT molecular complexity index is 1090. The van der Waals surface area contributed by atoms with Crippen LogP contribution < -0.4 is 21.9 Å². The molecular weight excluding hydrogens is 346 g/mol. The summed E-state index contributed by atoms with van der Waals surface area (Å²) in [6.07, 6.45) is 0. The molecule has 0 aliphatic heterocycles.